The van der Waals surface area contributed by atoms with Gasteiger partial charge in [-0.15, -0.1) is 41.3 Å². The summed E-state index contributed by atoms with van der Waals surface area (Å²) in [6.07, 6.45) is 4.67. The summed E-state index contributed by atoms with van der Waals surface area (Å²) in [4.78, 5) is 4.84. The predicted molar refractivity (Wildman–Crippen MR) is 206 cm³/mol. The molecule has 262 valence electrons. The van der Waals surface area contributed by atoms with Crippen molar-refractivity contribution >= 4 is 21.8 Å². The smallest absolute Gasteiger partial charge is 0.509 e. The van der Waals surface area contributed by atoms with Crippen LogP contribution in [0.4, 0.5) is 0 Å². The maximum Gasteiger partial charge on any atom is 2.00 e. The van der Waals surface area contributed by atoms with Crippen LogP contribution in [0.5, 0.6) is 11.5 Å². The van der Waals surface area contributed by atoms with Crippen molar-refractivity contribution in [3.05, 3.63) is 131 Å². The van der Waals surface area contributed by atoms with Gasteiger partial charge in [-0.2, -0.15) is 11.2 Å². The summed E-state index contributed by atoms with van der Waals surface area (Å²) in [6, 6.07) is 37.3. The van der Waals surface area contributed by atoms with Crippen molar-refractivity contribution in [3.63, 3.8) is 0 Å². The first-order valence-corrected chi connectivity index (χ1v) is 17.9. The molecular formula is C45H46N4OPt. The molecule has 0 radical (unpaired) electrons. The van der Waals surface area contributed by atoms with Crippen LogP contribution in [0.1, 0.15) is 88.9 Å². The number of aromatic nitrogens is 4. The molecule has 51 heavy (non-hydrogen) atoms. The van der Waals surface area contributed by atoms with Crippen LogP contribution in [-0.2, 0) is 39.3 Å². The number of para-hydroxylation sites is 1. The standard InChI is InChI=1S/C45H46N4O.Pt/c1-9-13-41-44(31-18-16-30(5)17-19-31)39(10-2)47-49(41)34-24-32(29(3)4)25-36(27-34)50-35-20-21-38-37-14-11-12-15-40(37)48(42(38)28-35)43-26-33(22-23-46-43)45(6,7)8;/h11-12,14-26,29H,9-10,13H2,1-8H3;/q-2;+2. The quantitative estimate of drug-likeness (QED) is 0.136. The van der Waals surface area contributed by atoms with Crippen LogP contribution >= 0.6 is 0 Å². The third-order valence-corrected chi connectivity index (χ3v) is 9.58. The molecule has 0 bridgehead atoms. The zero-order valence-corrected chi connectivity index (χ0v) is 33.1. The van der Waals surface area contributed by atoms with Gasteiger partial charge in [-0.1, -0.05) is 108 Å². The van der Waals surface area contributed by atoms with E-state index in [0.29, 0.717) is 11.5 Å². The molecule has 5 nitrogen and oxygen atoms in total. The fourth-order valence-electron chi connectivity index (χ4n) is 6.82. The van der Waals surface area contributed by atoms with Crippen LogP contribution in [0, 0.1) is 19.1 Å². The fraction of sp³-hybridized carbons (Fsp3) is 0.289. The number of hydrogen-bond acceptors (Lipinski definition) is 3. The Labute approximate surface area is 317 Å². The molecule has 0 spiro atoms. The third-order valence-electron chi connectivity index (χ3n) is 9.58. The van der Waals surface area contributed by atoms with E-state index in [0.717, 1.165) is 58.3 Å². The molecule has 7 rings (SSSR count). The molecule has 6 heteroatoms. The first-order chi connectivity index (χ1) is 24.0. The van der Waals surface area contributed by atoms with E-state index in [1.165, 1.54) is 33.5 Å². The number of fused-ring (bicyclic) bond motifs is 3. The monoisotopic (exact) mass is 853 g/mol. The minimum atomic E-state index is -0.00618. The Morgan fingerprint density at radius 3 is 2.31 bits per heavy atom. The van der Waals surface area contributed by atoms with Crippen molar-refractivity contribution in [1.29, 1.82) is 0 Å². The molecule has 4 aromatic carbocycles. The number of ether oxygens (including phenoxy) is 1. The van der Waals surface area contributed by atoms with Gasteiger partial charge in [0.1, 0.15) is 5.82 Å². The zero-order chi connectivity index (χ0) is 35.2. The molecule has 0 saturated heterocycles. The Kier molecular flexibility index (Phi) is 10.4. The molecule has 3 aromatic heterocycles. The van der Waals surface area contributed by atoms with E-state index in [9.17, 15) is 0 Å². The number of aryl methyl sites for hydroxylation is 2. The van der Waals surface area contributed by atoms with Gasteiger partial charge in [0.05, 0.1) is 5.69 Å². The Hall–Kier alpha value is -4.47. The Balaban J connectivity index is 0.00000448. The first-order valence-electron chi connectivity index (χ1n) is 17.9. The second-order valence-electron chi connectivity index (χ2n) is 14.7. The molecule has 0 aliphatic heterocycles. The van der Waals surface area contributed by atoms with Crippen LogP contribution in [0.25, 0.3) is 44.4 Å². The summed E-state index contributed by atoms with van der Waals surface area (Å²) in [5.41, 5.74) is 11.3. The second-order valence-corrected chi connectivity index (χ2v) is 14.7. The SMILES string of the molecule is CCCc1c(-c2ccc(C)cc2)c(CC)nn1-c1[c-]c(Oc2[c-]c3c(cc2)c2ccccc2n3-c2cc(C(C)(C)C)ccn2)cc(C(C)C)c1.[Pt+2]. The Bertz CT molecular complexity index is 2320. The van der Waals surface area contributed by atoms with Crippen LogP contribution in [0.2, 0.25) is 0 Å². The summed E-state index contributed by atoms with van der Waals surface area (Å²) < 4.78 is 11.0. The molecule has 0 N–H and O–H groups in total. The van der Waals surface area contributed by atoms with E-state index in [1.807, 2.05) is 12.3 Å². The minimum Gasteiger partial charge on any atom is -0.509 e. The summed E-state index contributed by atoms with van der Waals surface area (Å²) in [6.45, 7) is 17.7. The van der Waals surface area contributed by atoms with Gasteiger partial charge < -0.3 is 9.30 Å². The van der Waals surface area contributed by atoms with Crippen molar-refractivity contribution in [1.82, 2.24) is 19.3 Å². The predicted octanol–water partition coefficient (Wildman–Crippen LogP) is 11.7. The number of hydrogen-bond donors (Lipinski definition) is 0. The normalized spacial score (nSPS) is 11.8. The molecule has 0 aliphatic rings. The van der Waals surface area contributed by atoms with E-state index in [4.69, 9.17) is 14.8 Å². The molecular weight excluding hydrogens is 808 g/mol. The maximum atomic E-state index is 6.68. The zero-order valence-electron chi connectivity index (χ0n) is 30.9. The first kappa shape index (κ1) is 36.3. The average molecular weight is 854 g/mol. The Morgan fingerprint density at radius 1 is 0.843 bits per heavy atom. The van der Waals surface area contributed by atoms with Gasteiger partial charge in [-0.25, -0.2) is 4.98 Å². The van der Waals surface area contributed by atoms with E-state index in [1.54, 1.807) is 0 Å². The van der Waals surface area contributed by atoms with E-state index in [2.05, 4.69) is 156 Å². The summed E-state index contributed by atoms with van der Waals surface area (Å²) >= 11 is 0. The molecule has 3 heterocycles. The van der Waals surface area contributed by atoms with Crippen molar-refractivity contribution in [2.75, 3.05) is 0 Å². The van der Waals surface area contributed by atoms with Crippen LogP contribution in [0.15, 0.2) is 91.1 Å². The minimum absolute atomic E-state index is 0. The Morgan fingerprint density at radius 2 is 1.61 bits per heavy atom. The number of nitrogens with zero attached hydrogens (tertiary/aromatic N) is 4. The van der Waals surface area contributed by atoms with Gasteiger partial charge in [-0.3, -0.25) is 4.68 Å². The molecule has 0 amide bonds. The molecule has 0 unspecified atom stereocenters. The number of pyridine rings is 1. The molecule has 0 atom stereocenters. The molecule has 0 aliphatic carbocycles. The number of benzene rings is 4. The fourth-order valence-corrected chi connectivity index (χ4v) is 6.82. The van der Waals surface area contributed by atoms with Crippen LogP contribution < -0.4 is 4.74 Å². The van der Waals surface area contributed by atoms with Crippen molar-refractivity contribution in [2.24, 2.45) is 0 Å². The van der Waals surface area contributed by atoms with Crippen molar-refractivity contribution < 1.29 is 25.8 Å². The number of rotatable bonds is 9. The average Bonchev–Trinajstić information content (AvgIpc) is 3.63. The van der Waals surface area contributed by atoms with Gasteiger partial charge in [-0.05, 0) is 71.5 Å². The van der Waals surface area contributed by atoms with E-state index >= 15 is 0 Å². The molecule has 0 fully saturated rings. The van der Waals surface area contributed by atoms with E-state index in [-0.39, 0.29) is 32.4 Å². The van der Waals surface area contributed by atoms with Gasteiger partial charge in [0.15, 0.2) is 0 Å². The van der Waals surface area contributed by atoms with Gasteiger partial charge in [0.2, 0.25) is 0 Å². The van der Waals surface area contributed by atoms with E-state index < -0.39 is 0 Å². The van der Waals surface area contributed by atoms with Crippen LogP contribution in [-0.4, -0.2) is 19.3 Å². The second kappa shape index (κ2) is 14.6. The van der Waals surface area contributed by atoms with Crippen molar-refractivity contribution in [2.45, 2.75) is 86.0 Å². The summed E-state index contributed by atoms with van der Waals surface area (Å²) in [5.74, 6) is 2.42. The topological polar surface area (TPSA) is 44.9 Å². The summed E-state index contributed by atoms with van der Waals surface area (Å²) in [7, 11) is 0. The van der Waals surface area contributed by atoms with Crippen LogP contribution in [0.3, 0.4) is 0 Å². The summed E-state index contributed by atoms with van der Waals surface area (Å²) in [5, 5.41) is 7.47. The third kappa shape index (κ3) is 7.06. The van der Waals surface area contributed by atoms with Gasteiger partial charge >= 0.3 is 21.1 Å². The largest absolute Gasteiger partial charge is 2.00 e. The van der Waals surface area contributed by atoms with Gasteiger partial charge in [0.25, 0.3) is 0 Å². The van der Waals surface area contributed by atoms with Gasteiger partial charge in [0, 0.05) is 34.5 Å². The molecule has 7 aromatic rings. The maximum absolute atomic E-state index is 6.68. The van der Waals surface area contributed by atoms with Crippen molar-refractivity contribution in [3.8, 4) is 34.1 Å². The molecule has 0 saturated carbocycles.